The predicted octanol–water partition coefficient (Wildman–Crippen LogP) is 0.380. The van der Waals surface area contributed by atoms with E-state index in [9.17, 15) is 8.42 Å². The molecule has 0 saturated heterocycles. The first-order chi connectivity index (χ1) is 8.20. The maximum Gasteiger partial charge on any atom is 0.244 e. The topological polar surface area (TPSA) is 90.0 Å². The standard InChI is InChI=1S/C10H18N4O2S2/c1-5-8(10(11)17)13-18(15,16)9-6(2)12-14(4)7(9)3/h8,13H,5H2,1-4H3,(H2,11,17). The van der Waals surface area contributed by atoms with Gasteiger partial charge >= 0.3 is 0 Å². The average molecular weight is 290 g/mol. The predicted molar refractivity (Wildman–Crippen MR) is 73.9 cm³/mol. The van der Waals surface area contributed by atoms with Crippen molar-refractivity contribution >= 4 is 27.2 Å². The molecule has 102 valence electrons. The Bertz CT molecular complexity index is 563. The fraction of sp³-hybridized carbons (Fsp3) is 0.600. The van der Waals surface area contributed by atoms with Crippen molar-refractivity contribution in [1.29, 1.82) is 0 Å². The fourth-order valence-electron chi connectivity index (χ4n) is 1.73. The molecule has 1 aromatic rings. The number of aryl methyl sites for hydroxylation is 2. The van der Waals surface area contributed by atoms with Crippen LogP contribution in [0.4, 0.5) is 0 Å². The third-order valence-electron chi connectivity index (χ3n) is 2.76. The van der Waals surface area contributed by atoms with Crippen molar-refractivity contribution < 1.29 is 8.42 Å². The second-order valence-corrected chi connectivity index (χ2v) is 6.23. The van der Waals surface area contributed by atoms with Crippen LogP contribution >= 0.6 is 12.2 Å². The molecule has 0 radical (unpaired) electrons. The number of nitrogens with zero attached hydrogens (tertiary/aromatic N) is 2. The fourth-order valence-corrected chi connectivity index (χ4v) is 3.77. The van der Waals surface area contributed by atoms with Crippen molar-refractivity contribution in [2.24, 2.45) is 12.8 Å². The van der Waals surface area contributed by atoms with Gasteiger partial charge in [-0.25, -0.2) is 13.1 Å². The molecule has 0 aliphatic heterocycles. The zero-order chi connectivity index (χ0) is 14.1. The summed E-state index contributed by atoms with van der Waals surface area (Å²) in [6.45, 7) is 5.18. The average Bonchev–Trinajstić information content (AvgIpc) is 2.49. The van der Waals surface area contributed by atoms with Crippen molar-refractivity contribution in [3.63, 3.8) is 0 Å². The van der Waals surface area contributed by atoms with Crippen LogP contribution in [0.15, 0.2) is 4.90 Å². The summed E-state index contributed by atoms with van der Waals surface area (Å²) in [5.41, 5.74) is 6.54. The van der Waals surface area contributed by atoms with E-state index in [2.05, 4.69) is 9.82 Å². The van der Waals surface area contributed by atoms with Gasteiger partial charge in [0.2, 0.25) is 10.0 Å². The van der Waals surface area contributed by atoms with Gasteiger partial charge in [0.15, 0.2) is 0 Å². The number of hydrogen-bond acceptors (Lipinski definition) is 4. The molecule has 1 unspecified atom stereocenters. The van der Waals surface area contributed by atoms with Gasteiger partial charge in [-0.2, -0.15) is 5.10 Å². The van der Waals surface area contributed by atoms with Gasteiger partial charge in [-0.1, -0.05) is 19.1 Å². The minimum atomic E-state index is -3.66. The Balaban J connectivity index is 3.18. The summed E-state index contributed by atoms with van der Waals surface area (Å²) in [5.74, 6) is 0. The van der Waals surface area contributed by atoms with Crippen LogP contribution in [0.1, 0.15) is 24.7 Å². The largest absolute Gasteiger partial charge is 0.392 e. The molecular weight excluding hydrogens is 272 g/mol. The summed E-state index contributed by atoms with van der Waals surface area (Å²) < 4.78 is 28.6. The Morgan fingerprint density at radius 2 is 2.11 bits per heavy atom. The second kappa shape index (κ2) is 5.33. The van der Waals surface area contributed by atoms with Crippen molar-refractivity contribution in [2.45, 2.75) is 38.1 Å². The molecule has 0 spiro atoms. The van der Waals surface area contributed by atoms with Gasteiger partial charge in [0.05, 0.1) is 22.4 Å². The van der Waals surface area contributed by atoms with E-state index in [-0.39, 0.29) is 9.88 Å². The van der Waals surface area contributed by atoms with E-state index < -0.39 is 16.1 Å². The summed E-state index contributed by atoms with van der Waals surface area (Å²) in [6.07, 6.45) is 0.507. The lowest BCUT2D eigenvalue weighted by atomic mass is 10.2. The Kier molecular flexibility index (Phi) is 4.46. The second-order valence-electron chi connectivity index (χ2n) is 4.11. The Labute approximate surface area is 113 Å². The molecule has 1 atom stereocenters. The van der Waals surface area contributed by atoms with E-state index in [4.69, 9.17) is 18.0 Å². The Hall–Kier alpha value is -0.990. The lowest BCUT2D eigenvalue weighted by molar-refractivity contribution is 0.571. The van der Waals surface area contributed by atoms with E-state index in [1.54, 1.807) is 20.9 Å². The SMILES string of the molecule is CCC(NS(=O)(=O)c1c(C)nn(C)c1C)C(N)=S. The molecule has 18 heavy (non-hydrogen) atoms. The van der Waals surface area contributed by atoms with Gasteiger partial charge in [0.1, 0.15) is 4.90 Å². The molecule has 1 heterocycles. The third-order valence-corrected chi connectivity index (χ3v) is 4.77. The zero-order valence-corrected chi connectivity index (χ0v) is 12.5. The maximum atomic E-state index is 12.3. The van der Waals surface area contributed by atoms with E-state index in [0.29, 0.717) is 17.8 Å². The highest BCUT2D eigenvalue weighted by molar-refractivity contribution is 7.89. The van der Waals surface area contributed by atoms with Gasteiger partial charge in [0, 0.05) is 7.05 Å². The van der Waals surface area contributed by atoms with Gasteiger partial charge in [-0.3, -0.25) is 4.68 Å². The van der Waals surface area contributed by atoms with E-state index >= 15 is 0 Å². The number of nitrogens with two attached hydrogens (primary N) is 1. The zero-order valence-electron chi connectivity index (χ0n) is 10.9. The van der Waals surface area contributed by atoms with Crippen LogP contribution in [0.5, 0.6) is 0 Å². The van der Waals surface area contributed by atoms with Crippen LogP contribution in [-0.4, -0.2) is 29.2 Å². The molecule has 1 rings (SSSR count). The molecule has 3 N–H and O–H groups in total. The number of aromatic nitrogens is 2. The van der Waals surface area contributed by atoms with Crippen molar-refractivity contribution in [3.05, 3.63) is 11.4 Å². The van der Waals surface area contributed by atoms with Crippen LogP contribution in [-0.2, 0) is 17.1 Å². The van der Waals surface area contributed by atoms with Crippen LogP contribution in [0.3, 0.4) is 0 Å². The van der Waals surface area contributed by atoms with Crippen molar-refractivity contribution in [2.75, 3.05) is 0 Å². The molecule has 1 aromatic heterocycles. The van der Waals surface area contributed by atoms with Gasteiger partial charge < -0.3 is 5.73 Å². The van der Waals surface area contributed by atoms with Crippen LogP contribution in [0.25, 0.3) is 0 Å². The number of rotatable bonds is 5. The summed E-state index contributed by atoms with van der Waals surface area (Å²) >= 11 is 4.84. The smallest absolute Gasteiger partial charge is 0.244 e. The highest BCUT2D eigenvalue weighted by Gasteiger charge is 2.26. The highest BCUT2D eigenvalue weighted by Crippen LogP contribution is 2.18. The number of nitrogens with one attached hydrogen (secondary N) is 1. The molecule has 0 aliphatic rings. The molecule has 0 fully saturated rings. The number of sulfonamides is 1. The first-order valence-corrected chi connectivity index (χ1v) is 7.41. The molecule has 8 heteroatoms. The molecule has 0 aromatic carbocycles. The molecular formula is C10H18N4O2S2. The summed E-state index contributed by atoms with van der Waals surface area (Å²) in [5, 5.41) is 4.09. The summed E-state index contributed by atoms with van der Waals surface area (Å²) in [6, 6.07) is -0.538. The van der Waals surface area contributed by atoms with Crippen LogP contribution in [0.2, 0.25) is 0 Å². The highest BCUT2D eigenvalue weighted by atomic mass is 32.2. The van der Waals surface area contributed by atoms with E-state index in [1.165, 1.54) is 4.68 Å². The quantitative estimate of drug-likeness (QED) is 0.765. The molecule has 0 aliphatic carbocycles. The van der Waals surface area contributed by atoms with Crippen molar-refractivity contribution in [3.8, 4) is 0 Å². The minimum Gasteiger partial charge on any atom is -0.392 e. The summed E-state index contributed by atoms with van der Waals surface area (Å²) in [4.78, 5) is 0.333. The van der Waals surface area contributed by atoms with Crippen LogP contribution < -0.4 is 10.5 Å². The lowest BCUT2D eigenvalue weighted by Gasteiger charge is -2.15. The van der Waals surface area contributed by atoms with Gasteiger partial charge in [-0.15, -0.1) is 0 Å². The van der Waals surface area contributed by atoms with Crippen molar-refractivity contribution in [1.82, 2.24) is 14.5 Å². The Morgan fingerprint density at radius 1 is 1.56 bits per heavy atom. The van der Waals surface area contributed by atoms with E-state index in [0.717, 1.165) is 0 Å². The third kappa shape index (κ3) is 2.88. The monoisotopic (exact) mass is 290 g/mol. The van der Waals surface area contributed by atoms with Gasteiger partial charge in [-0.05, 0) is 20.3 Å². The van der Waals surface area contributed by atoms with E-state index in [1.807, 2.05) is 6.92 Å². The van der Waals surface area contributed by atoms with Gasteiger partial charge in [0.25, 0.3) is 0 Å². The molecule has 0 amide bonds. The maximum absolute atomic E-state index is 12.3. The number of thiocarbonyl (C=S) groups is 1. The summed E-state index contributed by atoms with van der Waals surface area (Å²) in [7, 11) is -1.96. The first kappa shape index (κ1) is 15.1. The number of hydrogen-bond donors (Lipinski definition) is 2. The Morgan fingerprint density at radius 3 is 2.44 bits per heavy atom. The molecule has 0 saturated carbocycles. The minimum absolute atomic E-state index is 0.139. The lowest BCUT2D eigenvalue weighted by Crippen LogP contribution is -2.43. The normalized spacial score (nSPS) is 13.6. The van der Waals surface area contributed by atoms with Crippen LogP contribution in [0, 0.1) is 13.8 Å². The first-order valence-electron chi connectivity index (χ1n) is 5.52. The molecule has 6 nitrogen and oxygen atoms in total. The molecule has 0 bridgehead atoms.